The van der Waals surface area contributed by atoms with Gasteiger partial charge in [-0.3, -0.25) is 4.72 Å². The lowest BCUT2D eigenvalue weighted by Gasteiger charge is -2.11. The molecule has 0 amide bonds. The van der Waals surface area contributed by atoms with Gasteiger partial charge in [0.1, 0.15) is 5.82 Å². The minimum absolute atomic E-state index is 0.0708. The Morgan fingerprint density at radius 2 is 1.90 bits per heavy atom. The lowest BCUT2D eigenvalue weighted by molar-refractivity contribution is 0.597. The van der Waals surface area contributed by atoms with Crippen molar-refractivity contribution in [3.63, 3.8) is 0 Å². The van der Waals surface area contributed by atoms with Gasteiger partial charge in [0.05, 0.1) is 10.6 Å². The Labute approximate surface area is 127 Å². The molecule has 0 spiro atoms. The monoisotopic (exact) mass is 329 g/mol. The first-order chi connectivity index (χ1) is 9.70. The molecule has 0 aliphatic heterocycles. The van der Waals surface area contributed by atoms with Gasteiger partial charge in [-0.05, 0) is 44.0 Å². The highest BCUT2D eigenvalue weighted by atomic mass is 32.2. The van der Waals surface area contributed by atoms with Crippen molar-refractivity contribution in [3.8, 4) is 0 Å². The molecule has 1 heterocycles. The molecule has 0 bridgehead atoms. The van der Waals surface area contributed by atoms with Crippen LogP contribution in [0.1, 0.15) is 29.8 Å². The predicted octanol–water partition coefficient (Wildman–Crippen LogP) is 2.72. The molecule has 1 atom stereocenters. The highest BCUT2D eigenvalue weighted by Gasteiger charge is 2.22. The number of thiazole rings is 1. The highest BCUT2D eigenvalue weighted by molar-refractivity contribution is 7.93. The van der Waals surface area contributed by atoms with Crippen LogP contribution in [0.25, 0.3) is 0 Å². The zero-order chi connectivity index (χ0) is 15.8. The van der Waals surface area contributed by atoms with Crippen LogP contribution < -0.4 is 10.5 Å². The largest absolute Gasteiger partial charge is 0.323 e. The van der Waals surface area contributed by atoms with E-state index in [9.17, 15) is 12.8 Å². The van der Waals surface area contributed by atoms with Crippen molar-refractivity contribution in [2.75, 3.05) is 4.72 Å². The van der Waals surface area contributed by atoms with Crippen LogP contribution in [-0.4, -0.2) is 13.4 Å². The fourth-order valence-electron chi connectivity index (χ4n) is 2.03. The molecule has 1 aromatic carbocycles. The number of sulfonamides is 1. The maximum absolute atomic E-state index is 13.3. The van der Waals surface area contributed by atoms with Crippen LogP contribution in [-0.2, 0) is 10.0 Å². The number of anilines is 1. The Balaban J connectivity index is 2.38. The first-order valence-electron chi connectivity index (χ1n) is 6.21. The first kappa shape index (κ1) is 15.9. The van der Waals surface area contributed by atoms with E-state index in [2.05, 4.69) is 9.71 Å². The van der Waals surface area contributed by atoms with Crippen molar-refractivity contribution in [1.82, 2.24) is 4.98 Å². The number of nitrogens with zero attached hydrogens (tertiary/aromatic N) is 1. The second-order valence-electron chi connectivity index (χ2n) is 4.84. The summed E-state index contributed by atoms with van der Waals surface area (Å²) in [4.78, 5) is 4.20. The van der Waals surface area contributed by atoms with Gasteiger partial charge < -0.3 is 5.73 Å². The summed E-state index contributed by atoms with van der Waals surface area (Å²) in [6.07, 6.45) is 0. The summed E-state index contributed by atoms with van der Waals surface area (Å²) in [6.45, 7) is 4.88. The van der Waals surface area contributed by atoms with Crippen molar-refractivity contribution in [3.05, 3.63) is 40.2 Å². The number of aromatic nitrogens is 1. The summed E-state index contributed by atoms with van der Waals surface area (Å²) in [6, 6.07) is 2.11. The van der Waals surface area contributed by atoms with Crippen LogP contribution >= 0.6 is 11.3 Å². The second kappa shape index (κ2) is 5.70. The van der Waals surface area contributed by atoms with E-state index >= 15 is 0 Å². The second-order valence-corrected chi connectivity index (χ2v) is 7.32. The Morgan fingerprint density at radius 3 is 2.38 bits per heavy atom. The molecule has 3 N–H and O–H groups in total. The molecule has 5 nitrogen and oxygen atoms in total. The van der Waals surface area contributed by atoms with Crippen LogP contribution in [0.2, 0.25) is 0 Å². The SMILES string of the molecule is Cc1cc(F)cc(C)c1S(=O)(=O)Nc1nc(C(C)N)cs1. The van der Waals surface area contributed by atoms with Crippen molar-refractivity contribution < 1.29 is 12.8 Å². The molecule has 0 saturated carbocycles. The third-order valence-corrected chi connectivity index (χ3v) is 5.45. The van der Waals surface area contributed by atoms with E-state index in [0.717, 1.165) is 11.3 Å². The summed E-state index contributed by atoms with van der Waals surface area (Å²) in [7, 11) is -3.81. The molecule has 114 valence electrons. The summed E-state index contributed by atoms with van der Waals surface area (Å²) < 4.78 is 40.6. The average Bonchev–Trinajstić information content (AvgIpc) is 2.74. The zero-order valence-corrected chi connectivity index (χ0v) is 13.5. The molecule has 21 heavy (non-hydrogen) atoms. The van der Waals surface area contributed by atoms with Crippen molar-refractivity contribution in [2.45, 2.75) is 31.7 Å². The molecule has 0 fully saturated rings. The van der Waals surface area contributed by atoms with E-state index in [1.165, 1.54) is 12.1 Å². The van der Waals surface area contributed by atoms with Gasteiger partial charge in [-0.1, -0.05) is 0 Å². The summed E-state index contributed by atoms with van der Waals surface area (Å²) in [5.74, 6) is -0.461. The van der Waals surface area contributed by atoms with E-state index in [0.29, 0.717) is 16.8 Å². The summed E-state index contributed by atoms with van der Waals surface area (Å²) >= 11 is 1.16. The molecule has 0 aliphatic rings. The Morgan fingerprint density at radius 1 is 1.33 bits per heavy atom. The lowest BCUT2D eigenvalue weighted by atomic mass is 10.1. The van der Waals surface area contributed by atoms with Crippen molar-refractivity contribution in [2.24, 2.45) is 5.73 Å². The van der Waals surface area contributed by atoms with Crippen LogP contribution in [0, 0.1) is 19.7 Å². The molecule has 0 radical (unpaired) electrons. The number of benzene rings is 1. The molecule has 1 aromatic heterocycles. The van der Waals surface area contributed by atoms with Gasteiger partial charge in [-0.25, -0.2) is 17.8 Å². The number of nitrogens with one attached hydrogen (secondary N) is 1. The Bertz CT molecular complexity index is 746. The fourth-order valence-corrected chi connectivity index (χ4v) is 4.55. The minimum Gasteiger partial charge on any atom is -0.323 e. The topological polar surface area (TPSA) is 85.1 Å². The molecular weight excluding hydrogens is 313 g/mol. The zero-order valence-electron chi connectivity index (χ0n) is 11.8. The van der Waals surface area contributed by atoms with Gasteiger partial charge in [0, 0.05) is 11.4 Å². The third kappa shape index (κ3) is 3.39. The highest BCUT2D eigenvalue weighted by Crippen LogP contribution is 2.26. The molecule has 2 rings (SSSR count). The number of hydrogen-bond donors (Lipinski definition) is 2. The van der Waals surface area contributed by atoms with Crippen LogP contribution in [0.3, 0.4) is 0 Å². The predicted molar refractivity (Wildman–Crippen MR) is 81.4 cm³/mol. The molecular formula is C13H16FN3O2S2. The van der Waals surface area contributed by atoms with E-state index < -0.39 is 15.8 Å². The van der Waals surface area contributed by atoms with E-state index in [1.807, 2.05) is 0 Å². The fraction of sp³-hybridized carbons (Fsp3) is 0.308. The van der Waals surface area contributed by atoms with Gasteiger partial charge in [-0.2, -0.15) is 0 Å². The van der Waals surface area contributed by atoms with Crippen LogP contribution in [0.4, 0.5) is 9.52 Å². The Hall–Kier alpha value is -1.51. The normalized spacial score (nSPS) is 13.2. The van der Waals surface area contributed by atoms with Crippen LogP contribution in [0.5, 0.6) is 0 Å². The van der Waals surface area contributed by atoms with E-state index in [-0.39, 0.29) is 16.1 Å². The first-order valence-corrected chi connectivity index (χ1v) is 8.57. The van der Waals surface area contributed by atoms with E-state index in [4.69, 9.17) is 5.73 Å². The number of rotatable bonds is 4. The maximum Gasteiger partial charge on any atom is 0.264 e. The molecule has 8 heteroatoms. The van der Waals surface area contributed by atoms with E-state index in [1.54, 1.807) is 26.2 Å². The summed E-state index contributed by atoms with van der Waals surface area (Å²) in [5, 5.41) is 1.94. The average molecular weight is 329 g/mol. The molecule has 0 aliphatic carbocycles. The number of halogens is 1. The van der Waals surface area contributed by atoms with Crippen LogP contribution in [0.15, 0.2) is 22.4 Å². The van der Waals surface area contributed by atoms with Gasteiger partial charge >= 0.3 is 0 Å². The quantitative estimate of drug-likeness (QED) is 0.903. The minimum atomic E-state index is -3.81. The number of hydrogen-bond acceptors (Lipinski definition) is 5. The van der Waals surface area contributed by atoms with Gasteiger partial charge in [0.2, 0.25) is 0 Å². The standard InChI is InChI=1S/C13H16FN3O2S2/c1-7-4-10(14)5-8(2)12(7)21(18,19)17-13-16-11(6-20-13)9(3)15/h4-6,9H,15H2,1-3H3,(H,16,17). The number of nitrogens with two attached hydrogens (primary N) is 1. The lowest BCUT2D eigenvalue weighted by Crippen LogP contribution is -2.16. The number of aryl methyl sites for hydroxylation is 2. The molecule has 1 unspecified atom stereocenters. The van der Waals surface area contributed by atoms with Gasteiger partial charge in [-0.15, -0.1) is 11.3 Å². The van der Waals surface area contributed by atoms with Crippen molar-refractivity contribution in [1.29, 1.82) is 0 Å². The smallest absolute Gasteiger partial charge is 0.264 e. The Kier molecular flexibility index (Phi) is 4.31. The maximum atomic E-state index is 13.3. The van der Waals surface area contributed by atoms with Gasteiger partial charge in [0.15, 0.2) is 5.13 Å². The van der Waals surface area contributed by atoms with Crippen molar-refractivity contribution >= 4 is 26.5 Å². The van der Waals surface area contributed by atoms with Gasteiger partial charge in [0.25, 0.3) is 10.0 Å². The third-order valence-electron chi connectivity index (χ3n) is 2.90. The molecule has 2 aromatic rings. The molecule has 0 saturated heterocycles. The summed E-state index contributed by atoms with van der Waals surface area (Å²) in [5.41, 5.74) is 7.01.